The summed E-state index contributed by atoms with van der Waals surface area (Å²) in [5.74, 6) is 0. The van der Waals surface area contributed by atoms with Gasteiger partial charge < -0.3 is 28.4 Å². The van der Waals surface area contributed by atoms with Gasteiger partial charge in [0.15, 0.2) is 6.29 Å². The van der Waals surface area contributed by atoms with Crippen LogP contribution in [0, 0.1) is 0 Å². The van der Waals surface area contributed by atoms with Crippen LogP contribution in [0.2, 0.25) is 0 Å². The zero-order valence-electron chi connectivity index (χ0n) is 10.5. The zero-order chi connectivity index (χ0) is 12.3. The van der Waals surface area contributed by atoms with Crippen LogP contribution in [0.1, 0.15) is 0 Å². The molecule has 0 aromatic heterocycles. The van der Waals surface area contributed by atoms with Gasteiger partial charge in [0, 0.05) is 21.3 Å². The van der Waals surface area contributed by atoms with E-state index in [2.05, 4.69) is 0 Å². The highest BCUT2D eigenvalue weighted by atomic mass is 16.7. The molecule has 2 aliphatic rings. The molecule has 5 unspecified atom stereocenters. The summed E-state index contributed by atoms with van der Waals surface area (Å²) in [6.45, 7) is 1.56. The third-order valence-corrected chi connectivity index (χ3v) is 3.19. The molecular formula is C11H20O6. The lowest BCUT2D eigenvalue weighted by Crippen LogP contribution is -2.62. The number of hydrogen-bond acceptors (Lipinski definition) is 6. The molecule has 2 rings (SSSR count). The average molecular weight is 248 g/mol. The maximum atomic E-state index is 5.77. The van der Waals surface area contributed by atoms with E-state index in [-0.39, 0.29) is 24.4 Å². The van der Waals surface area contributed by atoms with Crippen LogP contribution in [-0.4, -0.2) is 71.9 Å². The molecule has 0 amide bonds. The first-order chi connectivity index (χ1) is 8.31. The Morgan fingerprint density at radius 3 is 2.35 bits per heavy atom. The maximum Gasteiger partial charge on any atom is 0.186 e. The lowest BCUT2D eigenvalue weighted by Gasteiger charge is -2.45. The molecule has 0 aliphatic carbocycles. The Labute approximate surface area is 101 Å². The molecule has 100 valence electrons. The number of ether oxygens (including phenoxy) is 6. The van der Waals surface area contributed by atoms with E-state index in [1.807, 2.05) is 0 Å². The Morgan fingerprint density at radius 2 is 1.71 bits per heavy atom. The van der Waals surface area contributed by atoms with E-state index in [0.717, 1.165) is 0 Å². The summed E-state index contributed by atoms with van der Waals surface area (Å²) in [6, 6.07) is 0. The molecule has 0 radical (unpaired) electrons. The highest BCUT2D eigenvalue weighted by Crippen LogP contribution is 2.28. The third kappa shape index (κ3) is 2.62. The minimum atomic E-state index is -0.455. The van der Waals surface area contributed by atoms with E-state index in [1.165, 1.54) is 0 Å². The Morgan fingerprint density at radius 1 is 0.941 bits per heavy atom. The van der Waals surface area contributed by atoms with Crippen LogP contribution < -0.4 is 0 Å². The van der Waals surface area contributed by atoms with Gasteiger partial charge >= 0.3 is 0 Å². The molecule has 0 aromatic rings. The Bertz CT molecular complexity index is 230. The number of hydrogen-bond donors (Lipinski definition) is 0. The number of methoxy groups -OCH3 is 3. The van der Waals surface area contributed by atoms with Crippen molar-refractivity contribution in [3.63, 3.8) is 0 Å². The van der Waals surface area contributed by atoms with E-state index in [0.29, 0.717) is 19.8 Å². The van der Waals surface area contributed by atoms with E-state index >= 15 is 0 Å². The SMILES string of the molecule is COC1OC2COCCOC(C2OC)C1OC. The van der Waals surface area contributed by atoms with Crippen molar-refractivity contribution < 1.29 is 28.4 Å². The van der Waals surface area contributed by atoms with E-state index in [4.69, 9.17) is 28.4 Å². The molecule has 0 N–H and O–H groups in total. The van der Waals surface area contributed by atoms with E-state index < -0.39 is 6.29 Å². The summed E-state index contributed by atoms with van der Waals surface area (Å²) in [4.78, 5) is 0. The minimum Gasteiger partial charge on any atom is -0.376 e. The van der Waals surface area contributed by atoms with Gasteiger partial charge in [0.2, 0.25) is 0 Å². The van der Waals surface area contributed by atoms with Crippen LogP contribution in [0.5, 0.6) is 0 Å². The molecular weight excluding hydrogens is 228 g/mol. The van der Waals surface area contributed by atoms with Crippen molar-refractivity contribution in [2.45, 2.75) is 30.7 Å². The fourth-order valence-electron chi connectivity index (χ4n) is 2.37. The smallest absolute Gasteiger partial charge is 0.186 e. The number of rotatable bonds is 3. The summed E-state index contributed by atoms with van der Waals surface area (Å²) in [5.41, 5.74) is 0. The minimum absolute atomic E-state index is 0.193. The summed E-state index contributed by atoms with van der Waals surface area (Å²) < 4.78 is 33.1. The molecule has 0 saturated carbocycles. The van der Waals surface area contributed by atoms with Gasteiger partial charge in [-0.25, -0.2) is 0 Å². The van der Waals surface area contributed by atoms with Crippen LogP contribution >= 0.6 is 0 Å². The van der Waals surface area contributed by atoms with Crippen LogP contribution in [0.15, 0.2) is 0 Å². The maximum absolute atomic E-state index is 5.77. The monoisotopic (exact) mass is 248 g/mol. The first-order valence-electron chi connectivity index (χ1n) is 5.75. The molecule has 2 aliphatic heterocycles. The van der Waals surface area contributed by atoms with Crippen molar-refractivity contribution in [3.8, 4) is 0 Å². The first-order valence-corrected chi connectivity index (χ1v) is 5.75. The van der Waals surface area contributed by atoms with E-state index in [1.54, 1.807) is 21.3 Å². The van der Waals surface area contributed by atoms with Crippen molar-refractivity contribution in [3.05, 3.63) is 0 Å². The average Bonchev–Trinajstić information content (AvgIpc) is 2.35. The molecule has 2 heterocycles. The topological polar surface area (TPSA) is 55.4 Å². The van der Waals surface area contributed by atoms with Crippen molar-refractivity contribution in [2.24, 2.45) is 0 Å². The van der Waals surface area contributed by atoms with Gasteiger partial charge in [-0.05, 0) is 0 Å². The van der Waals surface area contributed by atoms with Gasteiger partial charge in [0.25, 0.3) is 0 Å². The molecule has 0 aromatic carbocycles. The molecule has 5 atom stereocenters. The Balaban J connectivity index is 2.18. The fourth-order valence-corrected chi connectivity index (χ4v) is 2.37. The van der Waals surface area contributed by atoms with E-state index in [9.17, 15) is 0 Å². The summed E-state index contributed by atoms with van der Waals surface area (Å²) in [5, 5.41) is 0. The largest absolute Gasteiger partial charge is 0.376 e. The van der Waals surface area contributed by atoms with Crippen LogP contribution in [-0.2, 0) is 28.4 Å². The molecule has 6 nitrogen and oxygen atoms in total. The molecule has 2 saturated heterocycles. The summed E-state index contributed by atoms with van der Waals surface area (Å²) in [6.07, 6.45) is -1.34. The normalized spacial score (nSPS) is 42.9. The predicted molar refractivity (Wildman–Crippen MR) is 57.8 cm³/mol. The van der Waals surface area contributed by atoms with Gasteiger partial charge in [-0.15, -0.1) is 0 Å². The second-order valence-corrected chi connectivity index (χ2v) is 4.09. The molecule has 2 fully saturated rings. The van der Waals surface area contributed by atoms with Crippen LogP contribution in [0.25, 0.3) is 0 Å². The Kier molecular flexibility index (Phi) is 4.72. The number of fused-ring (bicyclic) bond motifs is 2. The third-order valence-electron chi connectivity index (χ3n) is 3.19. The van der Waals surface area contributed by atoms with Gasteiger partial charge in [-0.1, -0.05) is 0 Å². The molecule has 17 heavy (non-hydrogen) atoms. The fraction of sp³-hybridized carbons (Fsp3) is 1.00. The van der Waals surface area contributed by atoms with Crippen molar-refractivity contribution >= 4 is 0 Å². The zero-order valence-corrected chi connectivity index (χ0v) is 10.5. The summed E-state index contributed by atoms with van der Waals surface area (Å²) in [7, 11) is 4.84. The molecule has 0 spiro atoms. The van der Waals surface area contributed by atoms with Crippen LogP contribution in [0.3, 0.4) is 0 Å². The van der Waals surface area contributed by atoms with Crippen molar-refractivity contribution in [1.82, 2.24) is 0 Å². The molecule has 2 bridgehead atoms. The van der Waals surface area contributed by atoms with Gasteiger partial charge in [-0.3, -0.25) is 0 Å². The highest BCUT2D eigenvalue weighted by Gasteiger charge is 2.48. The molecule has 6 heteroatoms. The predicted octanol–water partition coefficient (Wildman–Crippen LogP) is -0.197. The quantitative estimate of drug-likeness (QED) is 0.689. The second-order valence-electron chi connectivity index (χ2n) is 4.09. The van der Waals surface area contributed by atoms with Crippen LogP contribution in [0.4, 0.5) is 0 Å². The van der Waals surface area contributed by atoms with Crippen molar-refractivity contribution in [2.75, 3.05) is 41.2 Å². The van der Waals surface area contributed by atoms with Crippen molar-refractivity contribution in [1.29, 1.82) is 0 Å². The van der Waals surface area contributed by atoms with Gasteiger partial charge in [0.05, 0.1) is 19.8 Å². The van der Waals surface area contributed by atoms with Gasteiger partial charge in [0.1, 0.15) is 24.4 Å². The standard InChI is InChI=1S/C11H20O6/c1-12-8-7-6-15-4-5-16-9(8)10(13-2)11(14-3)17-7/h7-11H,4-6H2,1-3H3. The van der Waals surface area contributed by atoms with Gasteiger partial charge in [-0.2, -0.15) is 0 Å². The lowest BCUT2D eigenvalue weighted by molar-refractivity contribution is -0.319. The first kappa shape index (κ1) is 13.2. The Hall–Kier alpha value is -0.240. The summed E-state index contributed by atoms with van der Waals surface area (Å²) >= 11 is 0. The second kappa shape index (κ2) is 6.08. The highest BCUT2D eigenvalue weighted by molar-refractivity contribution is 4.93. The lowest BCUT2D eigenvalue weighted by atomic mass is 9.98.